The molecule has 1 saturated heterocycles. The van der Waals surface area contributed by atoms with E-state index >= 15 is 0 Å². The maximum absolute atomic E-state index is 5.54. The molecule has 0 saturated carbocycles. The van der Waals surface area contributed by atoms with Gasteiger partial charge in [-0.3, -0.25) is 5.10 Å². The molecule has 2 unspecified atom stereocenters. The minimum atomic E-state index is -0.0934. The maximum atomic E-state index is 5.54. The molecule has 0 bridgehead atoms. The summed E-state index contributed by atoms with van der Waals surface area (Å²) in [7, 11) is 0. The van der Waals surface area contributed by atoms with Crippen LogP contribution in [-0.2, 0) is 4.74 Å². The Kier molecular flexibility index (Phi) is 2.17. The molecule has 0 aliphatic carbocycles. The quantitative estimate of drug-likeness (QED) is 0.812. The molecule has 84 valence electrons. The van der Waals surface area contributed by atoms with Crippen molar-refractivity contribution in [2.75, 3.05) is 6.61 Å². The maximum Gasteiger partial charge on any atom is 0.256 e. The van der Waals surface area contributed by atoms with E-state index in [9.17, 15) is 0 Å². The SMILES string of the molecule is CC1CCOC1c1nc(-c2ncn[nH]2)no1. The van der Waals surface area contributed by atoms with Gasteiger partial charge in [-0.25, -0.2) is 4.98 Å². The van der Waals surface area contributed by atoms with Gasteiger partial charge in [-0.15, -0.1) is 0 Å². The largest absolute Gasteiger partial charge is 0.368 e. The third-order valence-corrected chi connectivity index (χ3v) is 2.70. The summed E-state index contributed by atoms with van der Waals surface area (Å²) in [5.41, 5.74) is 0. The van der Waals surface area contributed by atoms with Crippen LogP contribution in [0, 0.1) is 5.92 Å². The number of nitrogens with zero attached hydrogens (tertiary/aromatic N) is 4. The molecule has 0 radical (unpaired) electrons. The summed E-state index contributed by atoms with van der Waals surface area (Å²) in [6.45, 7) is 2.85. The second kappa shape index (κ2) is 3.67. The fourth-order valence-electron chi connectivity index (χ4n) is 1.77. The number of ether oxygens (including phenoxy) is 1. The molecular formula is C9H11N5O2. The third kappa shape index (κ3) is 1.49. The van der Waals surface area contributed by atoms with Crippen LogP contribution in [0.2, 0.25) is 0 Å². The van der Waals surface area contributed by atoms with Crippen LogP contribution in [0.1, 0.15) is 25.3 Å². The lowest BCUT2D eigenvalue weighted by Crippen LogP contribution is -2.04. The Morgan fingerprint density at radius 2 is 2.44 bits per heavy atom. The molecule has 3 rings (SSSR count). The molecular weight excluding hydrogens is 210 g/mol. The van der Waals surface area contributed by atoms with Gasteiger partial charge in [0.15, 0.2) is 5.82 Å². The van der Waals surface area contributed by atoms with Gasteiger partial charge in [-0.05, 0) is 12.3 Å². The van der Waals surface area contributed by atoms with Crippen LogP contribution >= 0.6 is 0 Å². The lowest BCUT2D eigenvalue weighted by Gasteiger charge is -2.07. The molecule has 1 aliphatic rings. The van der Waals surface area contributed by atoms with Crippen molar-refractivity contribution in [1.82, 2.24) is 25.3 Å². The Hall–Kier alpha value is -1.76. The Balaban J connectivity index is 1.88. The Morgan fingerprint density at radius 3 is 3.12 bits per heavy atom. The lowest BCUT2D eigenvalue weighted by molar-refractivity contribution is 0.0661. The van der Waals surface area contributed by atoms with Crippen molar-refractivity contribution in [2.24, 2.45) is 5.92 Å². The smallest absolute Gasteiger partial charge is 0.256 e. The van der Waals surface area contributed by atoms with E-state index in [4.69, 9.17) is 9.26 Å². The normalized spacial score (nSPS) is 25.1. The van der Waals surface area contributed by atoms with E-state index < -0.39 is 0 Å². The van der Waals surface area contributed by atoms with Crippen molar-refractivity contribution >= 4 is 0 Å². The van der Waals surface area contributed by atoms with E-state index in [0.29, 0.717) is 23.5 Å². The molecule has 1 N–H and O–H groups in total. The van der Waals surface area contributed by atoms with E-state index in [1.807, 2.05) is 0 Å². The summed E-state index contributed by atoms with van der Waals surface area (Å²) in [5.74, 6) is 1.83. The van der Waals surface area contributed by atoms with Gasteiger partial charge in [0.1, 0.15) is 12.4 Å². The average Bonchev–Trinajstić information content (AvgIpc) is 2.96. The van der Waals surface area contributed by atoms with Crippen LogP contribution in [0.5, 0.6) is 0 Å². The number of nitrogens with one attached hydrogen (secondary N) is 1. The molecule has 7 heteroatoms. The van der Waals surface area contributed by atoms with E-state index in [-0.39, 0.29) is 6.10 Å². The third-order valence-electron chi connectivity index (χ3n) is 2.70. The first-order valence-electron chi connectivity index (χ1n) is 5.15. The average molecular weight is 221 g/mol. The molecule has 0 aromatic carbocycles. The number of rotatable bonds is 2. The molecule has 16 heavy (non-hydrogen) atoms. The van der Waals surface area contributed by atoms with Crippen molar-refractivity contribution in [1.29, 1.82) is 0 Å². The van der Waals surface area contributed by atoms with Crippen LogP contribution < -0.4 is 0 Å². The highest BCUT2D eigenvalue weighted by Crippen LogP contribution is 2.33. The number of hydrogen-bond donors (Lipinski definition) is 1. The van der Waals surface area contributed by atoms with Crippen LogP contribution in [0.4, 0.5) is 0 Å². The van der Waals surface area contributed by atoms with Gasteiger partial charge in [0.2, 0.25) is 5.82 Å². The van der Waals surface area contributed by atoms with Crippen molar-refractivity contribution in [2.45, 2.75) is 19.4 Å². The van der Waals surface area contributed by atoms with Gasteiger partial charge in [0, 0.05) is 6.61 Å². The molecule has 0 amide bonds. The van der Waals surface area contributed by atoms with E-state index in [0.717, 1.165) is 13.0 Å². The summed E-state index contributed by atoms with van der Waals surface area (Å²) in [6, 6.07) is 0. The highest BCUT2D eigenvalue weighted by Gasteiger charge is 2.31. The molecule has 1 aliphatic heterocycles. The summed E-state index contributed by atoms with van der Waals surface area (Å²) in [4.78, 5) is 8.20. The van der Waals surface area contributed by atoms with Gasteiger partial charge in [0.05, 0.1) is 0 Å². The fraction of sp³-hybridized carbons (Fsp3) is 0.556. The lowest BCUT2D eigenvalue weighted by atomic mass is 10.0. The van der Waals surface area contributed by atoms with E-state index in [1.165, 1.54) is 6.33 Å². The topological polar surface area (TPSA) is 89.7 Å². The van der Waals surface area contributed by atoms with Gasteiger partial charge in [-0.1, -0.05) is 12.1 Å². The molecule has 2 atom stereocenters. The molecule has 3 heterocycles. The minimum Gasteiger partial charge on any atom is -0.368 e. The Labute approximate surface area is 91.2 Å². The van der Waals surface area contributed by atoms with Gasteiger partial charge in [-0.2, -0.15) is 10.1 Å². The Morgan fingerprint density at radius 1 is 1.50 bits per heavy atom. The fourth-order valence-corrected chi connectivity index (χ4v) is 1.77. The zero-order valence-corrected chi connectivity index (χ0v) is 8.75. The highest BCUT2D eigenvalue weighted by atomic mass is 16.5. The van der Waals surface area contributed by atoms with Crippen molar-refractivity contribution < 1.29 is 9.26 Å². The molecule has 0 spiro atoms. The van der Waals surface area contributed by atoms with Crippen LogP contribution in [0.25, 0.3) is 11.6 Å². The van der Waals surface area contributed by atoms with Crippen LogP contribution in [-0.4, -0.2) is 31.9 Å². The van der Waals surface area contributed by atoms with Crippen LogP contribution in [0.3, 0.4) is 0 Å². The van der Waals surface area contributed by atoms with Gasteiger partial charge < -0.3 is 9.26 Å². The second-order valence-corrected chi connectivity index (χ2v) is 3.85. The standard InChI is InChI=1S/C9H11N5O2/c1-5-2-3-15-6(5)9-12-8(14-16-9)7-10-4-11-13-7/h4-6H,2-3H2,1H3,(H,10,11,13). The summed E-state index contributed by atoms with van der Waals surface area (Å²) in [5, 5.41) is 10.3. The molecule has 7 nitrogen and oxygen atoms in total. The number of hydrogen-bond acceptors (Lipinski definition) is 6. The number of H-pyrrole nitrogens is 1. The highest BCUT2D eigenvalue weighted by molar-refractivity contribution is 5.39. The zero-order valence-electron chi connectivity index (χ0n) is 8.75. The monoisotopic (exact) mass is 221 g/mol. The van der Waals surface area contributed by atoms with E-state index in [2.05, 4.69) is 32.2 Å². The van der Waals surface area contributed by atoms with Gasteiger partial charge in [0.25, 0.3) is 5.89 Å². The predicted molar refractivity (Wildman–Crippen MR) is 52.1 cm³/mol. The van der Waals surface area contributed by atoms with Crippen molar-refractivity contribution in [3.63, 3.8) is 0 Å². The number of aromatic nitrogens is 5. The second-order valence-electron chi connectivity index (χ2n) is 3.85. The first-order chi connectivity index (χ1) is 7.84. The summed E-state index contributed by atoms with van der Waals surface area (Å²) >= 11 is 0. The van der Waals surface area contributed by atoms with Crippen molar-refractivity contribution in [3.8, 4) is 11.6 Å². The molecule has 2 aromatic rings. The Bertz CT molecular complexity index is 466. The molecule has 1 fully saturated rings. The minimum absolute atomic E-state index is 0.0934. The van der Waals surface area contributed by atoms with Crippen molar-refractivity contribution in [3.05, 3.63) is 12.2 Å². The first-order valence-corrected chi connectivity index (χ1v) is 5.15. The first kappa shape index (κ1) is 9.46. The van der Waals surface area contributed by atoms with Gasteiger partial charge >= 0.3 is 0 Å². The van der Waals surface area contributed by atoms with E-state index in [1.54, 1.807) is 0 Å². The zero-order chi connectivity index (χ0) is 11.0. The predicted octanol–water partition coefficient (Wildman–Crippen LogP) is 0.952. The molecule has 2 aromatic heterocycles. The summed E-state index contributed by atoms with van der Waals surface area (Å²) < 4.78 is 10.7. The summed E-state index contributed by atoms with van der Waals surface area (Å²) in [6.07, 6.45) is 2.33. The van der Waals surface area contributed by atoms with Crippen LogP contribution in [0.15, 0.2) is 10.9 Å². The number of aromatic amines is 1.